The zero-order valence-electron chi connectivity index (χ0n) is 17.1. The molecule has 0 saturated heterocycles. The molecule has 0 aliphatic rings. The third kappa shape index (κ3) is 5.55. The molecule has 1 heterocycles. The van der Waals surface area contributed by atoms with Crippen LogP contribution in [0.2, 0.25) is 0 Å². The highest BCUT2D eigenvalue weighted by Crippen LogP contribution is 2.13. The molecule has 0 saturated carbocycles. The van der Waals surface area contributed by atoms with Crippen molar-refractivity contribution in [3.05, 3.63) is 101 Å². The first-order valence-electron chi connectivity index (χ1n) is 9.74. The molecule has 0 bridgehead atoms. The number of ketones is 1. The quantitative estimate of drug-likeness (QED) is 0.538. The maximum absolute atomic E-state index is 12.6. The first kappa shape index (κ1) is 21.3. The number of ether oxygens (including phenoxy) is 1. The third-order valence-electron chi connectivity index (χ3n) is 4.89. The number of aromatic nitrogens is 1. The predicted molar refractivity (Wildman–Crippen MR) is 117 cm³/mol. The Hall–Kier alpha value is -3.44. The molecule has 5 nitrogen and oxygen atoms in total. The van der Waals surface area contributed by atoms with Gasteiger partial charge in [-0.2, -0.15) is 0 Å². The number of hydrogen-bond acceptors (Lipinski definition) is 3. The molecule has 0 radical (unpaired) electrons. The lowest BCUT2D eigenvalue weighted by atomic mass is 10.0. The summed E-state index contributed by atoms with van der Waals surface area (Å²) in [6.45, 7) is 2.62. The van der Waals surface area contributed by atoms with E-state index in [4.69, 9.17) is 9.84 Å². The van der Waals surface area contributed by atoms with Crippen molar-refractivity contribution in [3.63, 3.8) is 0 Å². The maximum Gasteiger partial charge on any atom is 0.333 e. The first-order valence-corrected chi connectivity index (χ1v) is 9.74. The van der Waals surface area contributed by atoms with Crippen LogP contribution in [0.4, 0.5) is 0 Å². The van der Waals surface area contributed by atoms with Crippen molar-refractivity contribution < 1.29 is 19.4 Å². The fourth-order valence-corrected chi connectivity index (χ4v) is 3.18. The van der Waals surface area contributed by atoms with E-state index in [-0.39, 0.29) is 5.78 Å². The predicted octanol–water partition coefficient (Wildman–Crippen LogP) is 4.38. The number of aliphatic carboxylic acids is 1. The van der Waals surface area contributed by atoms with Gasteiger partial charge < -0.3 is 14.4 Å². The summed E-state index contributed by atoms with van der Waals surface area (Å²) < 4.78 is 6.96. The van der Waals surface area contributed by atoms with Crippen LogP contribution in [0.5, 0.6) is 0 Å². The lowest BCUT2D eigenvalue weighted by molar-refractivity contribution is -0.148. The van der Waals surface area contributed by atoms with E-state index >= 15 is 0 Å². The lowest BCUT2D eigenvalue weighted by Gasteiger charge is -2.10. The summed E-state index contributed by atoms with van der Waals surface area (Å²) in [5.74, 6) is -0.960. The zero-order chi connectivity index (χ0) is 21.5. The van der Waals surface area contributed by atoms with E-state index < -0.39 is 12.1 Å². The van der Waals surface area contributed by atoms with E-state index in [1.807, 2.05) is 90.6 Å². The maximum atomic E-state index is 12.6. The largest absolute Gasteiger partial charge is 0.479 e. The number of carboxylic acid groups (broad SMARTS) is 1. The molecule has 0 aliphatic heterocycles. The van der Waals surface area contributed by atoms with Crippen molar-refractivity contribution in [2.45, 2.75) is 26.0 Å². The summed E-state index contributed by atoms with van der Waals surface area (Å²) in [6, 6.07) is 17.1. The highest BCUT2D eigenvalue weighted by molar-refractivity contribution is 6.08. The lowest BCUT2D eigenvalue weighted by Crippen LogP contribution is -2.24. The van der Waals surface area contributed by atoms with E-state index in [1.54, 1.807) is 0 Å². The Bertz CT molecular complexity index is 1050. The molecule has 2 aromatic carbocycles. The van der Waals surface area contributed by atoms with Gasteiger partial charge in [0.05, 0.1) is 0 Å². The van der Waals surface area contributed by atoms with Crippen LogP contribution in [0.3, 0.4) is 0 Å². The molecule has 1 atom stereocenters. The summed E-state index contributed by atoms with van der Waals surface area (Å²) >= 11 is 0. The molecule has 0 fully saturated rings. The van der Waals surface area contributed by atoms with Gasteiger partial charge in [-0.1, -0.05) is 66.2 Å². The number of allylic oxidation sites excluding steroid dienone is 1. The van der Waals surface area contributed by atoms with E-state index in [0.717, 1.165) is 16.7 Å². The van der Waals surface area contributed by atoms with E-state index in [9.17, 15) is 9.59 Å². The van der Waals surface area contributed by atoms with Gasteiger partial charge in [-0.05, 0) is 24.1 Å². The van der Waals surface area contributed by atoms with Crippen LogP contribution in [0, 0.1) is 6.92 Å². The number of hydrogen-bond donors (Lipinski definition) is 1. The van der Waals surface area contributed by atoms with Gasteiger partial charge in [0.15, 0.2) is 11.9 Å². The van der Waals surface area contributed by atoms with Crippen LogP contribution in [0.25, 0.3) is 6.08 Å². The second-order valence-corrected chi connectivity index (χ2v) is 7.21. The second kappa shape index (κ2) is 9.85. The Kier molecular flexibility index (Phi) is 6.99. The summed E-state index contributed by atoms with van der Waals surface area (Å²) in [4.78, 5) is 23.7. The highest BCUT2D eigenvalue weighted by atomic mass is 16.5. The first-order chi connectivity index (χ1) is 14.5. The molecule has 1 N–H and O–H groups in total. The number of nitrogens with zero attached hydrogens (tertiary/aromatic N) is 1. The monoisotopic (exact) mass is 403 g/mol. The van der Waals surface area contributed by atoms with Crippen LogP contribution in [0.1, 0.15) is 32.6 Å². The fourth-order valence-electron chi connectivity index (χ4n) is 3.18. The van der Waals surface area contributed by atoms with Gasteiger partial charge >= 0.3 is 5.97 Å². The summed E-state index contributed by atoms with van der Waals surface area (Å²) in [5.41, 5.74) is 4.35. The van der Waals surface area contributed by atoms with E-state index in [0.29, 0.717) is 24.1 Å². The number of carboxylic acids is 1. The number of aryl methyl sites for hydroxylation is 1. The number of carbonyl (C=O) groups is 2. The molecule has 0 aliphatic carbocycles. The number of carbonyl (C=O) groups excluding carboxylic acids is 1. The topological polar surface area (TPSA) is 68.5 Å². The van der Waals surface area contributed by atoms with Crippen molar-refractivity contribution in [2.24, 2.45) is 0 Å². The minimum atomic E-state index is -0.970. The molecule has 3 rings (SSSR count). The Morgan fingerprint density at radius 2 is 1.87 bits per heavy atom. The minimum absolute atomic E-state index is 0.0107. The Morgan fingerprint density at radius 3 is 2.57 bits per heavy atom. The molecule has 30 heavy (non-hydrogen) atoms. The summed E-state index contributed by atoms with van der Waals surface area (Å²) in [5, 5.41) is 9.13. The van der Waals surface area contributed by atoms with Crippen molar-refractivity contribution in [3.8, 4) is 0 Å². The standard InChI is InChI=1S/C25H25NO4/c1-18-8-10-21(11-9-18)24(27)22-12-14-26(17-22)13-4-7-19-5-3-6-20(15-19)16-23(30-2)25(28)29/h3-12,14-15,17,23H,13,16H2,1-2H3,(H,28,29). The number of rotatable bonds is 9. The molecular weight excluding hydrogens is 378 g/mol. The van der Waals surface area contributed by atoms with Crippen molar-refractivity contribution in [1.29, 1.82) is 0 Å². The molecule has 0 amide bonds. The van der Waals surface area contributed by atoms with Gasteiger partial charge in [-0.25, -0.2) is 4.79 Å². The van der Waals surface area contributed by atoms with Gasteiger partial charge in [-0.3, -0.25) is 4.79 Å². The third-order valence-corrected chi connectivity index (χ3v) is 4.89. The highest BCUT2D eigenvalue weighted by Gasteiger charge is 2.16. The Labute approximate surface area is 176 Å². The SMILES string of the molecule is COC(Cc1cccc(C=CCn2ccc(C(=O)c3ccc(C)cc3)c2)c1)C(=O)O. The van der Waals surface area contributed by atoms with Crippen LogP contribution in [-0.4, -0.2) is 34.6 Å². The molecule has 5 heteroatoms. The average Bonchev–Trinajstić information content (AvgIpc) is 3.21. The normalized spacial score (nSPS) is 12.2. The van der Waals surface area contributed by atoms with Crippen LogP contribution in [0.15, 0.2) is 73.1 Å². The molecular formula is C25H25NO4. The molecule has 3 aromatic rings. The van der Waals surface area contributed by atoms with Gasteiger partial charge in [0.2, 0.25) is 0 Å². The molecule has 1 aromatic heterocycles. The van der Waals surface area contributed by atoms with Crippen molar-refractivity contribution in [1.82, 2.24) is 4.57 Å². The number of benzene rings is 2. The Balaban J connectivity index is 1.62. The summed E-state index contributed by atoms with van der Waals surface area (Å²) in [6.07, 6.45) is 7.18. The van der Waals surface area contributed by atoms with Gasteiger partial charge in [-0.15, -0.1) is 0 Å². The number of methoxy groups -OCH3 is 1. The molecule has 1 unspecified atom stereocenters. The van der Waals surface area contributed by atoms with Crippen LogP contribution in [-0.2, 0) is 22.5 Å². The minimum Gasteiger partial charge on any atom is -0.479 e. The smallest absolute Gasteiger partial charge is 0.333 e. The molecule has 154 valence electrons. The van der Waals surface area contributed by atoms with Gasteiger partial charge in [0.25, 0.3) is 0 Å². The van der Waals surface area contributed by atoms with Gasteiger partial charge in [0.1, 0.15) is 0 Å². The van der Waals surface area contributed by atoms with Crippen molar-refractivity contribution >= 4 is 17.8 Å². The average molecular weight is 403 g/mol. The fraction of sp³-hybridized carbons (Fsp3) is 0.200. The van der Waals surface area contributed by atoms with Crippen LogP contribution < -0.4 is 0 Å². The zero-order valence-corrected chi connectivity index (χ0v) is 17.1. The second-order valence-electron chi connectivity index (χ2n) is 7.21. The Morgan fingerprint density at radius 1 is 1.10 bits per heavy atom. The van der Waals surface area contributed by atoms with E-state index in [2.05, 4.69) is 0 Å². The van der Waals surface area contributed by atoms with E-state index in [1.165, 1.54) is 7.11 Å². The van der Waals surface area contributed by atoms with Gasteiger partial charge in [0, 0.05) is 43.6 Å². The van der Waals surface area contributed by atoms with Crippen molar-refractivity contribution in [2.75, 3.05) is 7.11 Å². The summed E-state index contributed by atoms with van der Waals surface area (Å²) in [7, 11) is 1.40. The molecule has 0 spiro atoms. The van der Waals surface area contributed by atoms with Crippen LogP contribution >= 0.6 is 0 Å².